The van der Waals surface area contributed by atoms with Crippen LogP contribution < -0.4 is 5.73 Å². The third kappa shape index (κ3) is 3.80. The molecule has 88 valence electrons. The maximum atomic E-state index is 11.7. The zero-order valence-electron chi connectivity index (χ0n) is 9.74. The molecule has 0 saturated carbocycles. The number of carbonyl (C=O) groups excluding carboxylic acids is 1. The minimum atomic E-state index is -0.338. The Morgan fingerprint density at radius 3 is 2.67 bits per heavy atom. The average molecular weight is 214 g/mol. The molecule has 15 heavy (non-hydrogen) atoms. The van der Waals surface area contributed by atoms with Crippen LogP contribution in [0.1, 0.15) is 26.2 Å². The molecule has 1 saturated heterocycles. The summed E-state index contributed by atoms with van der Waals surface area (Å²) in [6.45, 7) is 4.40. The van der Waals surface area contributed by atoms with E-state index in [0.717, 1.165) is 32.6 Å². The zero-order chi connectivity index (χ0) is 11.3. The number of rotatable bonds is 4. The van der Waals surface area contributed by atoms with E-state index in [9.17, 15) is 4.79 Å². The minimum absolute atomic E-state index is 0.0593. The third-order valence-corrected chi connectivity index (χ3v) is 3.01. The first-order valence-electron chi connectivity index (χ1n) is 5.73. The minimum Gasteiger partial charge on any atom is -0.381 e. The second kappa shape index (κ2) is 6.08. The topological polar surface area (TPSA) is 55.6 Å². The Bertz CT molecular complexity index is 203. The highest BCUT2D eigenvalue weighted by Crippen LogP contribution is 2.15. The summed E-state index contributed by atoms with van der Waals surface area (Å²) in [4.78, 5) is 13.5. The smallest absolute Gasteiger partial charge is 0.239 e. The molecule has 1 atom stereocenters. The molecular weight excluding hydrogens is 192 g/mol. The number of likely N-dealkylation sites (N-methyl/N-ethyl adjacent to an activating group) is 1. The van der Waals surface area contributed by atoms with E-state index in [2.05, 4.69) is 0 Å². The van der Waals surface area contributed by atoms with E-state index in [1.165, 1.54) is 0 Å². The SMILES string of the molecule is CC[C@@H](N)C(=O)N(C)CC1CCOCC1. The number of nitrogens with zero attached hydrogens (tertiary/aromatic N) is 1. The molecule has 1 rings (SSSR count). The Morgan fingerprint density at radius 2 is 2.13 bits per heavy atom. The van der Waals surface area contributed by atoms with Crippen molar-refractivity contribution >= 4 is 5.91 Å². The Morgan fingerprint density at radius 1 is 1.53 bits per heavy atom. The van der Waals surface area contributed by atoms with Crippen LogP contribution in [-0.4, -0.2) is 43.7 Å². The molecule has 1 heterocycles. The molecule has 0 spiro atoms. The lowest BCUT2D eigenvalue weighted by Gasteiger charge is -2.28. The summed E-state index contributed by atoms with van der Waals surface area (Å²) < 4.78 is 5.28. The van der Waals surface area contributed by atoms with Crippen LogP contribution in [0, 0.1) is 5.92 Å². The monoisotopic (exact) mass is 214 g/mol. The van der Waals surface area contributed by atoms with Crippen LogP contribution in [0.5, 0.6) is 0 Å². The second-order valence-electron chi connectivity index (χ2n) is 4.29. The van der Waals surface area contributed by atoms with Gasteiger partial charge in [0.2, 0.25) is 5.91 Å². The zero-order valence-corrected chi connectivity index (χ0v) is 9.74. The summed E-state index contributed by atoms with van der Waals surface area (Å²) >= 11 is 0. The van der Waals surface area contributed by atoms with Crippen molar-refractivity contribution < 1.29 is 9.53 Å². The summed E-state index contributed by atoms with van der Waals surface area (Å²) in [6, 6.07) is -0.338. The summed E-state index contributed by atoms with van der Waals surface area (Å²) in [6.07, 6.45) is 2.81. The number of ether oxygens (including phenoxy) is 1. The van der Waals surface area contributed by atoms with Crippen molar-refractivity contribution in [2.24, 2.45) is 11.7 Å². The predicted octanol–water partition coefficient (Wildman–Crippen LogP) is 0.609. The highest BCUT2D eigenvalue weighted by atomic mass is 16.5. The first-order chi connectivity index (χ1) is 7.15. The number of carbonyl (C=O) groups is 1. The Kier molecular flexibility index (Phi) is 5.05. The quantitative estimate of drug-likeness (QED) is 0.746. The molecule has 4 heteroatoms. The van der Waals surface area contributed by atoms with Gasteiger partial charge in [-0.2, -0.15) is 0 Å². The van der Waals surface area contributed by atoms with Gasteiger partial charge in [-0.15, -0.1) is 0 Å². The lowest BCUT2D eigenvalue weighted by molar-refractivity contribution is -0.132. The van der Waals surface area contributed by atoms with E-state index in [0.29, 0.717) is 12.3 Å². The Labute approximate surface area is 91.8 Å². The molecule has 2 N–H and O–H groups in total. The molecule has 4 nitrogen and oxygen atoms in total. The van der Waals surface area contributed by atoms with E-state index in [1.807, 2.05) is 14.0 Å². The van der Waals surface area contributed by atoms with Crippen LogP contribution in [-0.2, 0) is 9.53 Å². The first-order valence-corrected chi connectivity index (χ1v) is 5.73. The average Bonchev–Trinajstić information content (AvgIpc) is 2.28. The van der Waals surface area contributed by atoms with Crippen molar-refractivity contribution in [3.8, 4) is 0 Å². The standard InChI is InChI=1S/C11H22N2O2/c1-3-10(12)11(14)13(2)8-9-4-6-15-7-5-9/h9-10H,3-8,12H2,1-2H3/t10-/m1/s1. The van der Waals surface area contributed by atoms with Gasteiger partial charge in [-0.25, -0.2) is 0 Å². The van der Waals surface area contributed by atoms with Gasteiger partial charge in [-0.1, -0.05) is 6.92 Å². The fourth-order valence-corrected chi connectivity index (χ4v) is 1.86. The van der Waals surface area contributed by atoms with Crippen LogP contribution in [0.4, 0.5) is 0 Å². The van der Waals surface area contributed by atoms with Gasteiger partial charge in [-0.3, -0.25) is 4.79 Å². The van der Waals surface area contributed by atoms with Crippen LogP contribution in [0.15, 0.2) is 0 Å². The maximum absolute atomic E-state index is 11.7. The van der Waals surface area contributed by atoms with Crippen molar-refractivity contribution in [1.29, 1.82) is 0 Å². The lowest BCUT2D eigenvalue weighted by atomic mass is 9.99. The molecule has 1 aliphatic rings. The summed E-state index contributed by atoms with van der Waals surface area (Å²) in [5.74, 6) is 0.640. The van der Waals surface area contributed by atoms with Gasteiger partial charge in [0.05, 0.1) is 6.04 Å². The van der Waals surface area contributed by atoms with E-state index < -0.39 is 0 Å². The first kappa shape index (κ1) is 12.5. The molecule has 0 radical (unpaired) electrons. The Balaban J connectivity index is 2.33. The van der Waals surface area contributed by atoms with E-state index in [4.69, 9.17) is 10.5 Å². The van der Waals surface area contributed by atoms with Crippen molar-refractivity contribution in [3.63, 3.8) is 0 Å². The summed E-state index contributed by atoms with van der Waals surface area (Å²) in [5.41, 5.74) is 5.71. The molecule has 1 aliphatic heterocycles. The fourth-order valence-electron chi connectivity index (χ4n) is 1.86. The molecule has 0 aromatic heterocycles. The van der Waals surface area contributed by atoms with Crippen molar-refractivity contribution in [2.45, 2.75) is 32.2 Å². The van der Waals surface area contributed by atoms with Crippen LogP contribution >= 0.6 is 0 Å². The highest BCUT2D eigenvalue weighted by Gasteiger charge is 2.21. The van der Waals surface area contributed by atoms with Gasteiger partial charge >= 0.3 is 0 Å². The van der Waals surface area contributed by atoms with Gasteiger partial charge in [0, 0.05) is 26.8 Å². The van der Waals surface area contributed by atoms with E-state index in [-0.39, 0.29) is 11.9 Å². The summed E-state index contributed by atoms with van der Waals surface area (Å²) in [5, 5.41) is 0. The molecule has 0 bridgehead atoms. The molecule has 0 unspecified atom stereocenters. The predicted molar refractivity (Wildman–Crippen MR) is 59.4 cm³/mol. The van der Waals surface area contributed by atoms with Gasteiger partial charge in [-0.05, 0) is 25.2 Å². The number of hydrogen-bond acceptors (Lipinski definition) is 3. The summed E-state index contributed by atoms with van der Waals surface area (Å²) in [7, 11) is 1.84. The van der Waals surface area contributed by atoms with Crippen LogP contribution in [0.3, 0.4) is 0 Å². The molecule has 0 aliphatic carbocycles. The number of amides is 1. The van der Waals surface area contributed by atoms with E-state index >= 15 is 0 Å². The normalized spacial score (nSPS) is 19.9. The second-order valence-corrected chi connectivity index (χ2v) is 4.29. The van der Waals surface area contributed by atoms with Gasteiger partial charge in [0.1, 0.15) is 0 Å². The van der Waals surface area contributed by atoms with Gasteiger partial charge in [0.25, 0.3) is 0 Å². The maximum Gasteiger partial charge on any atom is 0.239 e. The molecular formula is C11H22N2O2. The van der Waals surface area contributed by atoms with Crippen molar-refractivity contribution in [2.75, 3.05) is 26.8 Å². The lowest BCUT2D eigenvalue weighted by Crippen LogP contribution is -2.43. The van der Waals surface area contributed by atoms with Crippen LogP contribution in [0.2, 0.25) is 0 Å². The fraction of sp³-hybridized carbons (Fsp3) is 0.909. The molecule has 0 aromatic rings. The van der Waals surface area contributed by atoms with E-state index in [1.54, 1.807) is 4.90 Å². The number of hydrogen-bond donors (Lipinski definition) is 1. The van der Waals surface area contributed by atoms with Crippen LogP contribution in [0.25, 0.3) is 0 Å². The van der Waals surface area contributed by atoms with Crippen molar-refractivity contribution in [3.05, 3.63) is 0 Å². The van der Waals surface area contributed by atoms with Crippen molar-refractivity contribution in [1.82, 2.24) is 4.90 Å². The van der Waals surface area contributed by atoms with Gasteiger partial charge in [0.15, 0.2) is 0 Å². The van der Waals surface area contributed by atoms with Gasteiger partial charge < -0.3 is 15.4 Å². The molecule has 1 fully saturated rings. The molecule has 1 amide bonds. The number of nitrogens with two attached hydrogens (primary N) is 1. The molecule has 0 aromatic carbocycles. The largest absolute Gasteiger partial charge is 0.381 e. The third-order valence-electron chi connectivity index (χ3n) is 3.01. The Hall–Kier alpha value is -0.610. The highest BCUT2D eigenvalue weighted by molar-refractivity contribution is 5.81.